The minimum absolute atomic E-state index is 0.837. The van der Waals surface area contributed by atoms with E-state index in [1.54, 1.807) is 0 Å². The lowest BCUT2D eigenvalue weighted by molar-refractivity contribution is -0.131. The van der Waals surface area contributed by atoms with Gasteiger partial charge in [0.05, 0.1) is 0 Å². The van der Waals surface area contributed by atoms with Crippen molar-refractivity contribution in [3.63, 3.8) is 0 Å². The van der Waals surface area contributed by atoms with E-state index >= 15 is 0 Å². The monoisotopic (exact) mass is 182 g/mol. The van der Waals surface area contributed by atoms with E-state index in [9.17, 15) is 4.79 Å². The molecule has 0 saturated carbocycles. The first-order chi connectivity index (χ1) is 6.06. The molecular weight excluding hydrogens is 164 g/mol. The van der Waals surface area contributed by atoms with Crippen LogP contribution in [0.25, 0.3) is 0 Å². The zero-order valence-corrected chi connectivity index (χ0v) is 8.63. The second-order valence-corrected chi connectivity index (χ2v) is 3.27. The predicted octanol–water partition coefficient (Wildman–Crippen LogP) is 3.15. The fourth-order valence-electron chi connectivity index (χ4n) is 0.974. The van der Waals surface area contributed by atoms with Crippen molar-refractivity contribution in [1.82, 2.24) is 0 Å². The Labute approximate surface area is 80.0 Å². The van der Waals surface area contributed by atoms with Crippen molar-refractivity contribution < 1.29 is 9.90 Å². The molecule has 0 aliphatic heterocycles. The lowest BCUT2D eigenvalue weighted by Crippen LogP contribution is -1.89. The average Bonchev–Trinajstić information content (AvgIpc) is 2.02. The molecule has 0 aliphatic carbocycles. The summed E-state index contributed by atoms with van der Waals surface area (Å²) in [6, 6.07) is 0. The van der Waals surface area contributed by atoms with Crippen LogP contribution in [0.2, 0.25) is 0 Å². The van der Waals surface area contributed by atoms with Gasteiger partial charge in [-0.05, 0) is 33.1 Å². The van der Waals surface area contributed by atoms with E-state index in [2.05, 4.69) is 19.9 Å². The lowest BCUT2D eigenvalue weighted by atomic mass is 10.1. The second kappa shape index (κ2) is 6.46. The molecule has 0 amide bonds. The van der Waals surface area contributed by atoms with Crippen LogP contribution < -0.4 is 0 Å². The van der Waals surface area contributed by atoms with E-state index < -0.39 is 5.97 Å². The van der Waals surface area contributed by atoms with Crippen LogP contribution in [0, 0.1) is 0 Å². The molecule has 1 N–H and O–H groups in total. The molecule has 0 rings (SSSR count). The van der Waals surface area contributed by atoms with Gasteiger partial charge in [0.1, 0.15) is 0 Å². The Morgan fingerprint density at radius 3 is 2.38 bits per heavy atom. The zero-order chi connectivity index (χ0) is 10.3. The van der Waals surface area contributed by atoms with E-state index in [1.807, 2.05) is 6.92 Å². The number of carboxylic acids is 1. The summed E-state index contributed by atoms with van der Waals surface area (Å²) in [6.45, 7) is 6.06. The molecule has 13 heavy (non-hydrogen) atoms. The number of carboxylic acid groups (broad SMARTS) is 1. The van der Waals surface area contributed by atoms with E-state index in [-0.39, 0.29) is 0 Å². The van der Waals surface area contributed by atoms with Gasteiger partial charge in [0.15, 0.2) is 0 Å². The van der Waals surface area contributed by atoms with Crippen molar-refractivity contribution in [3.8, 4) is 0 Å². The molecular formula is C11H18O2. The predicted molar refractivity (Wildman–Crippen MR) is 54.7 cm³/mol. The maximum atomic E-state index is 10.3. The van der Waals surface area contributed by atoms with Crippen LogP contribution in [0.5, 0.6) is 0 Å². The van der Waals surface area contributed by atoms with Crippen molar-refractivity contribution in [2.24, 2.45) is 0 Å². The van der Waals surface area contributed by atoms with Gasteiger partial charge in [0.2, 0.25) is 0 Å². The summed E-state index contributed by atoms with van der Waals surface area (Å²) in [5.41, 5.74) is 2.29. The molecule has 0 atom stereocenters. The van der Waals surface area contributed by atoms with Crippen molar-refractivity contribution in [1.29, 1.82) is 0 Å². The minimum atomic E-state index is -0.853. The van der Waals surface area contributed by atoms with Crippen LogP contribution in [0.15, 0.2) is 23.3 Å². The molecule has 2 nitrogen and oxygen atoms in total. The first-order valence-corrected chi connectivity index (χ1v) is 4.62. The fraction of sp³-hybridized carbons (Fsp3) is 0.545. The average molecular weight is 182 g/mol. The summed E-state index contributed by atoms with van der Waals surface area (Å²) in [6.07, 6.45) is 6.29. The lowest BCUT2D eigenvalue weighted by Gasteiger charge is -1.97. The summed E-state index contributed by atoms with van der Waals surface area (Å²) in [4.78, 5) is 10.3. The summed E-state index contributed by atoms with van der Waals surface area (Å²) in [5, 5.41) is 8.45. The number of carbonyl (C=O) groups is 1. The van der Waals surface area contributed by atoms with Crippen LogP contribution in [0.3, 0.4) is 0 Å². The molecule has 0 heterocycles. The Kier molecular flexibility index (Phi) is 5.94. The van der Waals surface area contributed by atoms with E-state index in [0.717, 1.165) is 24.8 Å². The molecule has 0 unspecified atom stereocenters. The van der Waals surface area contributed by atoms with E-state index in [4.69, 9.17) is 5.11 Å². The van der Waals surface area contributed by atoms with Crippen LogP contribution in [-0.4, -0.2) is 11.1 Å². The van der Waals surface area contributed by atoms with Crippen molar-refractivity contribution >= 4 is 5.97 Å². The van der Waals surface area contributed by atoms with Crippen LogP contribution in [-0.2, 0) is 4.79 Å². The van der Waals surface area contributed by atoms with E-state index in [0.29, 0.717) is 0 Å². The molecule has 0 fully saturated rings. The van der Waals surface area contributed by atoms with Crippen molar-refractivity contribution in [3.05, 3.63) is 23.3 Å². The zero-order valence-electron chi connectivity index (χ0n) is 8.63. The maximum absolute atomic E-state index is 10.3. The Bertz CT molecular complexity index is 224. The number of rotatable bonds is 5. The highest BCUT2D eigenvalue weighted by atomic mass is 16.4. The topological polar surface area (TPSA) is 37.3 Å². The molecule has 0 aromatic rings. The quantitative estimate of drug-likeness (QED) is 0.524. The highest BCUT2D eigenvalue weighted by molar-refractivity contribution is 5.80. The van der Waals surface area contributed by atoms with Gasteiger partial charge < -0.3 is 5.11 Å². The molecule has 0 saturated heterocycles. The Morgan fingerprint density at radius 2 is 1.92 bits per heavy atom. The summed E-state index contributed by atoms with van der Waals surface area (Å²) >= 11 is 0. The Hall–Kier alpha value is -1.05. The molecule has 0 spiro atoms. The summed E-state index contributed by atoms with van der Waals surface area (Å²) < 4.78 is 0. The van der Waals surface area contributed by atoms with Crippen molar-refractivity contribution in [2.45, 2.75) is 40.0 Å². The first kappa shape index (κ1) is 11.9. The Morgan fingerprint density at radius 1 is 1.31 bits per heavy atom. The SMILES string of the molecule is CC/C(C)=C/CC/C(C)=C/C(=O)O. The van der Waals surface area contributed by atoms with Crippen LogP contribution in [0.1, 0.15) is 40.0 Å². The number of allylic oxidation sites excluding steroid dienone is 3. The normalized spacial score (nSPS) is 13.2. The molecule has 74 valence electrons. The summed E-state index contributed by atoms with van der Waals surface area (Å²) in [7, 11) is 0. The fourth-order valence-corrected chi connectivity index (χ4v) is 0.974. The van der Waals surface area contributed by atoms with Gasteiger partial charge in [-0.15, -0.1) is 0 Å². The molecule has 0 aromatic carbocycles. The van der Waals surface area contributed by atoms with E-state index in [1.165, 1.54) is 11.6 Å². The van der Waals surface area contributed by atoms with Gasteiger partial charge in [-0.2, -0.15) is 0 Å². The summed E-state index contributed by atoms with van der Waals surface area (Å²) in [5.74, 6) is -0.853. The highest BCUT2D eigenvalue weighted by Gasteiger charge is 1.93. The van der Waals surface area contributed by atoms with Crippen LogP contribution >= 0.6 is 0 Å². The number of hydrogen-bond acceptors (Lipinski definition) is 1. The molecule has 0 aliphatic rings. The molecule has 2 heteroatoms. The van der Waals surface area contributed by atoms with Crippen molar-refractivity contribution in [2.75, 3.05) is 0 Å². The molecule has 0 aromatic heterocycles. The maximum Gasteiger partial charge on any atom is 0.328 e. The second-order valence-electron chi connectivity index (χ2n) is 3.27. The van der Waals surface area contributed by atoms with Gasteiger partial charge in [-0.3, -0.25) is 0 Å². The number of aliphatic carboxylic acids is 1. The van der Waals surface area contributed by atoms with Gasteiger partial charge in [0, 0.05) is 6.08 Å². The van der Waals surface area contributed by atoms with Gasteiger partial charge in [-0.25, -0.2) is 4.79 Å². The molecule has 0 bridgehead atoms. The third-order valence-corrected chi connectivity index (χ3v) is 1.96. The largest absolute Gasteiger partial charge is 0.478 e. The highest BCUT2D eigenvalue weighted by Crippen LogP contribution is 2.07. The van der Waals surface area contributed by atoms with Gasteiger partial charge >= 0.3 is 5.97 Å². The number of hydrogen-bond donors (Lipinski definition) is 1. The van der Waals surface area contributed by atoms with Crippen LogP contribution in [0.4, 0.5) is 0 Å². The molecule has 0 radical (unpaired) electrons. The third-order valence-electron chi connectivity index (χ3n) is 1.96. The van der Waals surface area contributed by atoms with Gasteiger partial charge in [-0.1, -0.05) is 24.1 Å². The minimum Gasteiger partial charge on any atom is -0.478 e. The third kappa shape index (κ3) is 7.32. The Balaban J connectivity index is 3.83. The smallest absolute Gasteiger partial charge is 0.328 e. The standard InChI is InChI=1S/C11H18O2/c1-4-9(2)6-5-7-10(3)8-11(12)13/h6,8H,4-5,7H2,1-3H3,(H,12,13)/b9-6+,10-8+. The van der Waals surface area contributed by atoms with Gasteiger partial charge in [0.25, 0.3) is 0 Å². The first-order valence-electron chi connectivity index (χ1n) is 4.62.